The number of nitrogens with one attached hydrogen (secondary N) is 1. The molecular formula is C9H8F3N3O2S. The van der Waals surface area contributed by atoms with Crippen LogP contribution in [0.1, 0.15) is 5.69 Å². The number of rotatable bonds is 2. The zero-order chi connectivity index (χ0) is 13.4. The Bertz CT molecular complexity index is 583. The molecule has 0 aliphatic carbocycles. The van der Waals surface area contributed by atoms with Crippen LogP contribution in [0.3, 0.4) is 0 Å². The zero-order valence-electron chi connectivity index (χ0n) is 8.85. The number of hydrogen-bond donors (Lipinski definition) is 1. The summed E-state index contributed by atoms with van der Waals surface area (Å²) in [5.41, 5.74) is -1.08. The normalized spacial score (nSPS) is 22.1. The first-order chi connectivity index (χ1) is 8.26. The maximum Gasteiger partial charge on any atom is 0.433 e. The Balaban J connectivity index is 2.14. The van der Waals surface area contributed by atoms with Crippen LogP contribution in [0.4, 0.5) is 19.1 Å². The topological polar surface area (TPSA) is 72.0 Å². The van der Waals surface area contributed by atoms with Gasteiger partial charge in [0, 0.05) is 11.6 Å². The lowest BCUT2D eigenvalue weighted by Crippen LogP contribution is -2.23. The molecule has 0 bridgehead atoms. The smallest absolute Gasteiger partial charge is 0.347 e. The lowest BCUT2D eigenvalue weighted by molar-refractivity contribution is -0.141. The lowest BCUT2D eigenvalue weighted by Gasteiger charge is -2.11. The first kappa shape index (κ1) is 12.8. The molecule has 0 amide bonds. The van der Waals surface area contributed by atoms with Crippen LogP contribution in [0.5, 0.6) is 0 Å². The minimum Gasteiger partial charge on any atom is -0.347 e. The predicted octanol–water partition coefficient (Wildman–Crippen LogP) is 1.22. The van der Waals surface area contributed by atoms with Crippen molar-refractivity contribution in [3.63, 3.8) is 0 Å². The van der Waals surface area contributed by atoms with Gasteiger partial charge >= 0.3 is 6.18 Å². The van der Waals surface area contributed by atoms with Crippen molar-refractivity contribution in [2.24, 2.45) is 0 Å². The van der Waals surface area contributed by atoms with Crippen molar-refractivity contribution < 1.29 is 21.6 Å². The van der Waals surface area contributed by atoms with E-state index in [0.717, 1.165) is 17.7 Å². The van der Waals surface area contributed by atoms with Gasteiger partial charge < -0.3 is 5.32 Å². The van der Waals surface area contributed by atoms with Crippen molar-refractivity contribution in [3.05, 3.63) is 29.4 Å². The standard InChI is InChI=1S/C9H8F3N3O2S/c10-9(11,12)7-1-3-13-8(15-7)14-6-2-4-18(16,17)5-6/h1-4,6H,5H2,(H,13,14,15). The van der Waals surface area contributed by atoms with Crippen LogP contribution in [0.15, 0.2) is 23.7 Å². The fraction of sp³-hybridized carbons (Fsp3) is 0.333. The second-order valence-electron chi connectivity index (χ2n) is 3.67. The van der Waals surface area contributed by atoms with Crippen molar-refractivity contribution in [3.8, 4) is 0 Å². The summed E-state index contributed by atoms with van der Waals surface area (Å²) in [4.78, 5) is 6.89. The number of anilines is 1. The Kier molecular flexibility index (Phi) is 3.01. The molecule has 1 N–H and O–H groups in total. The number of nitrogens with zero attached hydrogens (tertiary/aromatic N) is 2. The summed E-state index contributed by atoms with van der Waals surface area (Å²) in [5.74, 6) is -0.469. The van der Waals surface area contributed by atoms with Gasteiger partial charge in [-0.1, -0.05) is 0 Å². The highest BCUT2D eigenvalue weighted by Gasteiger charge is 2.33. The van der Waals surface area contributed by atoms with Crippen LogP contribution in [0, 0.1) is 0 Å². The van der Waals surface area contributed by atoms with E-state index in [0.29, 0.717) is 0 Å². The van der Waals surface area contributed by atoms with Gasteiger partial charge in [0.2, 0.25) is 5.95 Å². The van der Waals surface area contributed by atoms with Crippen LogP contribution in [-0.4, -0.2) is 30.2 Å². The summed E-state index contributed by atoms with van der Waals surface area (Å²) in [7, 11) is -3.27. The highest BCUT2D eigenvalue weighted by atomic mass is 32.2. The zero-order valence-corrected chi connectivity index (χ0v) is 9.66. The highest BCUT2D eigenvalue weighted by Crippen LogP contribution is 2.27. The fourth-order valence-electron chi connectivity index (χ4n) is 1.42. The molecule has 1 aliphatic heterocycles. The van der Waals surface area contributed by atoms with E-state index >= 15 is 0 Å². The Morgan fingerprint density at radius 3 is 2.67 bits per heavy atom. The van der Waals surface area contributed by atoms with E-state index in [4.69, 9.17) is 0 Å². The summed E-state index contributed by atoms with van der Waals surface area (Å²) < 4.78 is 59.3. The summed E-state index contributed by atoms with van der Waals surface area (Å²) in [6.07, 6.45) is -2.25. The maximum absolute atomic E-state index is 12.4. The molecule has 0 fully saturated rings. The molecule has 1 aromatic heterocycles. The SMILES string of the molecule is O=S1(=O)C=CC(Nc2nccc(C(F)(F)F)n2)C1. The van der Waals surface area contributed by atoms with E-state index in [1.165, 1.54) is 6.08 Å². The molecule has 0 spiro atoms. The Morgan fingerprint density at radius 1 is 1.39 bits per heavy atom. The number of hydrogen-bond acceptors (Lipinski definition) is 5. The summed E-state index contributed by atoms with van der Waals surface area (Å²) >= 11 is 0. The van der Waals surface area contributed by atoms with E-state index in [1.54, 1.807) is 0 Å². The van der Waals surface area contributed by atoms with Gasteiger partial charge in [-0.05, 0) is 12.1 Å². The van der Waals surface area contributed by atoms with E-state index < -0.39 is 27.7 Å². The maximum atomic E-state index is 12.4. The first-order valence-corrected chi connectivity index (χ1v) is 6.55. The van der Waals surface area contributed by atoms with Crippen LogP contribution < -0.4 is 5.32 Å². The molecular weight excluding hydrogens is 271 g/mol. The number of sulfone groups is 1. The molecule has 0 radical (unpaired) electrons. The molecule has 1 unspecified atom stereocenters. The van der Waals surface area contributed by atoms with E-state index in [-0.39, 0.29) is 11.7 Å². The third kappa shape index (κ3) is 2.97. The van der Waals surface area contributed by atoms with Gasteiger partial charge in [-0.2, -0.15) is 13.2 Å². The average Bonchev–Trinajstić information content (AvgIpc) is 2.57. The van der Waals surface area contributed by atoms with E-state index in [2.05, 4.69) is 15.3 Å². The number of aromatic nitrogens is 2. The van der Waals surface area contributed by atoms with Gasteiger partial charge in [-0.15, -0.1) is 0 Å². The van der Waals surface area contributed by atoms with E-state index in [9.17, 15) is 21.6 Å². The molecule has 5 nitrogen and oxygen atoms in total. The Morgan fingerprint density at radius 2 is 2.11 bits per heavy atom. The molecule has 9 heteroatoms. The Hall–Kier alpha value is -1.64. The summed E-state index contributed by atoms with van der Waals surface area (Å²) in [6.45, 7) is 0. The molecule has 2 heterocycles. The van der Waals surface area contributed by atoms with Gasteiger partial charge in [0.05, 0.1) is 11.8 Å². The molecule has 98 valence electrons. The lowest BCUT2D eigenvalue weighted by atomic mass is 10.3. The quantitative estimate of drug-likeness (QED) is 0.881. The van der Waals surface area contributed by atoms with Crippen LogP contribution in [0.25, 0.3) is 0 Å². The van der Waals surface area contributed by atoms with Crippen LogP contribution in [-0.2, 0) is 16.0 Å². The molecule has 0 saturated carbocycles. The molecule has 0 aromatic carbocycles. The van der Waals surface area contributed by atoms with Gasteiger partial charge in [0.25, 0.3) is 0 Å². The Labute approximate surface area is 101 Å². The molecule has 1 aromatic rings. The van der Waals surface area contributed by atoms with Crippen molar-refractivity contribution in [1.82, 2.24) is 9.97 Å². The third-order valence-electron chi connectivity index (χ3n) is 2.19. The third-order valence-corrected chi connectivity index (χ3v) is 3.59. The second-order valence-corrected chi connectivity index (χ2v) is 5.60. The highest BCUT2D eigenvalue weighted by molar-refractivity contribution is 7.94. The predicted molar refractivity (Wildman–Crippen MR) is 57.4 cm³/mol. The average molecular weight is 279 g/mol. The van der Waals surface area contributed by atoms with Crippen LogP contribution in [0.2, 0.25) is 0 Å². The molecule has 1 aliphatic rings. The fourth-order valence-corrected chi connectivity index (χ4v) is 2.65. The molecule has 0 saturated heterocycles. The van der Waals surface area contributed by atoms with Crippen molar-refractivity contribution >= 4 is 15.8 Å². The summed E-state index contributed by atoms with van der Waals surface area (Å²) in [5, 5.41) is 3.53. The van der Waals surface area contributed by atoms with Gasteiger partial charge in [-0.25, -0.2) is 18.4 Å². The van der Waals surface area contributed by atoms with Crippen molar-refractivity contribution in [2.45, 2.75) is 12.2 Å². The summed E-state index contributed by atoms with van der Waals surface area (Å²) in [6, 6.07) is 0.130. The van der Waals surface area contributed by atoms with Crippen LogP contribution >= 0.6 is 0 Å². The number of alkyl halides is 3. The monoisotopic (exact) mass is 279 g/mol. The van der Waals surface area contributed by atoms with Gasteiger partial charge in [-0.3, -0.25) is 0 Å². The van der Waals surface area contributed by atoms with E-state index in [1.807, 2.05) is 0 Å². The number of halogens is 3. The van der Waals surface area contributed by atoms with Crippen molar-refractivity contribution in [1.29, 1.82) is 0 Å². The minimum atomic E-state index is -4.56. The van der Waals surface area contributed by atoms with Gasteiger partial charge in [0.1, 0.15) is 5.69 Å². The minimum absolute atomic E-state index is 0.216. The molecule has 18 heavy (non-hydrogen) atoms. The van der Waals surface area contributed by atoms with Crippen molar-refractivity contribution in [2.75, 3.05) is 11.1 Å². The second kappa shape index (κ2) is 4.23. The first-order valence-electron chi connectivity index (χ1n) is 4.84. The molecule has 2 rings (SSSR count). The van der Waals surface area contributed by atoms with Gasteiger partial charge in [0.15, 0.2) is 9.84 Å². The largest absolute Gasteiger partial charge is 0.433 e. The molecule has 1 atom stereocenters.